The molecule has 0 saturated heterocycles. The van der Waals surface area contributed by atoms with Crippen LogP contribution in [0.5, 0.6) is 0 Å². The minimum absolute atomic E-state index is 0.0203. The number of anilines is 1. The molecule has 0 unspecified atom stereocenters. The van der Waals surface area contributed by atoms with Crippen LogP contribution < -0.4 is 9.62 Å². The molecule has 1 atom stereocenters. The molecule has 0 fully saturated rings. The summed E-state index contributed by atoms with van der Waals surface area (Å²) in [6.45, 7) is 6.27. The van der Waals surface area contributed by atoms with Crippen LogP contribution >= 0.6 is 34.8 Å². The van der Waals surface area contributed by atoms with Crippen LogP contribution in [-0.2, 0) is 26.2 Å². The summed E-state index contributed by atoms with van der Waals surface area (Å²) in [6, 6.07) is 9.42. The summed E-state index contributed by atoms with van der Waals surface area (Å²) in [7, 11) is -3.63. The monoisotopic (exact) mass is 603 g/mol. The van der Waals surface area contributed by atoms with E-state index in [2.05, 4.69) is 5.32 Å². The van der Waals surface area contributed by atoms with Gasteiger partial charge in [0.25, 0.3) is 0 Å². The first-order chi connectivity index (χ1) is 17.9. The summed E-state index contributed by atoms with van der Waals surface area (Å²) in [6.07, 6.45) is 3.52. The predicted octanol–water partition coefficient (Wildman–Crippen LogP) is 6.23. The minimum atomic E-state index is -3.63. The number of nitrogens with one attached hydrogen (secondary N) is 1. The van der Waals surface area contributed by atoms with Gasteiger partial charge in [-0.3, -0.25) is 13.9 Å². The van der Waals surface area contributed by atoms with Crippen molar-refractivity contribution in [3.63, 3.8) is 0 Å². The van der Waals surface area contributed by atoms with E-state index in [1.807, 2.05) is 13.8 Å². The summed E-state index contributed by atoms with van der Waals surface area (Å²) in [5.41, 5.74) is 1.65. The Morgan fingerprint density at radius 1 is 0.974 bits per heavy atom. The molecule has 2 aromatic rings. The van der Waals surface area contributed by atoms with Crippen molar-refractivity contribution in [2.45, 2.75) is 65.5 Å². The van der Waals surface area contributed by atoms with E-state index < -0.39 is 16.1 Å². The van der Waals surface area contributed by atoms with E-state index in [-0.39, 0.29) is 37.7 Å². The highest BCUT2D eigenvalue weighted by Gasteiger charge is 2.30. The minimum Gasteiger partial charge on any atom is -0.354 e. The molecule has 0 spiro atoms. The fourth-order valence-corrected chi connectivity index (χ4v) is 5.83. The summed E-state index contributed by atoms with van der Waals surface area (Å²) in [5.74, 6) is -0.542. The lowest BCUT2D eigenvalue weighted by molar-refractivity contribution is -0.141. The lowest BCUT2D eigenvalue weighted by Gasteiger charge is -2.31. The number of carbonyl (C=O) groups is 2. The third-order valence-corrected chi connectivity index (χ3v) is 8.56. The molecule has 0 aromatic heterocycles. The molecule has 7 nitrogen and oxygen atoms in total. The van der Waals surface area contributed by atoms with Crippen LogP contribution in [0.3, 0.4) is 0 Å². The van der Waals surface area contributed by atoms with Crippen LogP contribution in [0.4, 0.5) is 5.69 Å². The number of sulfonamides is 1. The molecule has 2 aromatic carbocycles. The van der Waals surface area contributed by atoms with E-state index in [0.29, 0.717) is 44.8 Å². The number of carbonyl (C=O) groups excluding carboxylic acids is 2. The molecule has 0 aliphatic carbocycles. The summed E-state index contributed by atoms with van der Waals surface area (Å²) in [4.78, 5) is 28.1. The summed E-state index contributed by atoms with van der Waals surface area (Å²) in [5, 5.41) is 4.17. The van der Waals surface area contributed by atoms with Crippen LogP contribution in [-0.4, -0.2) is 50.5 Å². The van der Waals surface area contributed by atoms with Crippen LogP contribution in [0.2, 0.25) is 15.1 Å². The maximum Gasteiger partial charge on any atom is 0.242 e. The predicted molar refractivity (Wildman–Crippen MR) is 157 cm³/mol. The molecule has 0 bridgehead atoms. The molecular weight excluding hydrogens is 569 g/mol. The second kappa shape index (κ2) is 15.0. The highest BCUT2D eigenvalue weighted by molar-refractivity contribution is 7.92. The Morgan fingerprint density at radius 3 is 2.16 bits per heavy atom. The molecule has 210 valence electrons. The second-order valence-corrected chi connectivity index (χ2v) is 12.2. The first kappa shape index (κ1) is 32.2. The van der Waals surface area contributed by atoms with Gasteiger partial charge in [0.2, 0.25) is 21.8 Å². The number of nitrogens with zero attached hydrogens (tertiary/aromatic N) is 2. The third kappa shape index (κ3) is 8.76. The topological polar surface area (TPSA) is 86.8 Å². The second-order valence-electron chi connectivity index (χ2n) is 9.11. The highest BCUT2D eigenvalue weighted by Crippen LogP contribution is 2.29. The Kier molecular flexibility index (Phi) is 12.7. The SMILES string of the molecule is CCCCNC(=O)[C@H](CC)N(Cc1c(Cl)cccc1Cl)C(=O)CCCN(c1cccc(Cl)c1C)S(C)(=O)=O. The lowest BCUT2D eigenvalue weighted by Crippen LogP contribution is -2.49. The normalized spacial score (nSPS) is 12.2. The van der Waals surface area contributed by atoms with E-state index >= 15 is 0 Å². The van der Waals surface area contributed by atoms with Gasteiger partial charge in [0.1, 0.15) is 6.04 Å². The summed E-state index contributed by atoms with van der Waals surface area (Å²) >= 11 is 19.0. The van der Waals surface area contributed by atoms with Gasteiger partial charge in [0.05, 0.1) is 11.9 Å². The van der Waals surface area contributed by atoms with Gasteiger partial charge in [0.15, 0.2) is 0 Å². The number of halogens is 3. The molecule has 38 heavy (non-hydrogen) atoms. The first-order valence-electron chi connectivity index (χ1n) is 12.6. The largest absolute Gasteiger partial charge is 0.354 e. The van der Waals surface area contributed by atoms with Crippen molar-refractivity contribution < 1.29 is 18.0 Å². The van der Waals surface area contributed by atoms with E-state index in [9.17, 15) is 18.0 Å². The van der Waals surface area contributed by atoms with Crippen molar-refractivity contribution in [3.8, 4) is 0 Å². The van der Waals surface area contributed by atoms with Crippen LogP contribution in [0.25, 0.3) is 0 Å². The van der Waals surface area contributed by atoms with Crippen molar-refractivity contribution >= 4 is 62.3 Å². The standard InChI is InChI=1S/C27H36Cl3N3O4S/c1-5-7-16-31-27(35)24(6-2)32(18-20-22(29)12-8-13-23(20)30)26(34)15-10-17-33(38(4,36)37)25-14-9-11-21(28)19(25)3/h8-9,11-14,24H,5-7,10,15-18H2,1-4H3,(H,31,35)/t24-/m0/s1. The van der Waals surface area contributed by atoms with Crippen LogP contribution in [0, 0.1) is 6.92 Å². The Balaban J connectivity index is 2.29. The summed E-state index contributed by atoms with van der Waals surface area (Å²) < 4.78 is 26.4. The number of hydrogen-bond acceptors (Lipinski definition) is 4. The van der Waals surface area contributed by atoms with Crippen molar-refractivity contribution in [3.05, 3.63) is 62.6 Å². The number of benzene rings is 2. The molecule has 2 rings (SSSR count). The van der Waals surface area contributed by atoms with Crippen molar-refractivity contribution in [1.82, 2.24) is 10.2 Å². The van der Waals surface area contributed by atoms with Crippen LogP contribution in [0.15, 0.2) is 36.4 Å². The number of unbranched alkanes of at least 4 members (excludes halogenated alkanes) is 1. The average Bonchev–Trinajstić information content (AvgIpc) is 2.85. The van der Waals surface area contributed by atoms with Gasteiger partial charge in [-0.15, -0.1) is 0 Å². The molecule has 0 aliphatic rings. The molecule has 1 N–H and O–H groups in total. The van der Waals surface area contributed by atoms with E-state index in [0.717, 1.165) is 19.1 Å². The zero-order valence-electron chi connectivity index (χ0n) is 22.3. The molecule has 2 amide bonds. The fourth-order valence-electron chi connectivity index (χ4n) is 4.13. The van der Waals surface area contributed by atoms with Crippen LogP contribution in [0.1, 0.15) is 57.1 Å². The van der Waals surface area contributed by atoms with E-state index in [1.165, 1.54) is 9.21 Å². The molecule has 0 saturated carbocycles. The number of hydrogen-bond donors (Lipinski definition) is 1. The Hall–Kier alpha value is -2.00. The molecular formula is C27H36Cl3N3O4S. The quantitative estimate of drug-likeness (QED) is 0.259. The zero-order valence-corrected chi connectivity index (χ0v) is 25.4. The van der Waals surface area contributed by atoms with Gasteiger partial charge >= 0.3 is 0 Å². The molecule has 0 heterocycles. The zero-order chi connectivity index (χ0) is 28.5. The van der Waals surface area contributed by atoms with Gasteiger partial charge in [-0.25, -0.2) is 8.42 Å². The van der Waals surface area contributed by atoms with Gasteiger partial charge in [-0.05, 0) is 56.0 Å². The van der Waals surface area contributed by atoms with Gasteiger partial charge in [-0.2, -0.15) is 0 Å². The lowest BCUT2D eigenvalue weighted by atomic mass is 10.1. The smallest absolute Gasteiger partial charge is 0.242 e. The van der Waals surface area contributed by atoms with Gasteiger partial charge < -0.3 is 10.2 Å². The fraction of sp³-hybridized carbons (Fsp3) is 0.481. The van der Waals surface area contributed by atoms with Crippen molar-refractivity contribution in [2.75, 3.05) is 23.7 Å². The molecule has 0 aliphatic heterocycles. The Bertz CT molecular complexity index is 1200. The maximum absolute atomic E-state index is 13.6. The van der Waals surface area contributed by atoms with Gasteiger partial charge in [-0.1, -0.05) is 67.2 Å². The van der Waals surface area contributed by atoms with Gasteiger partial charge in [0, 0.05) is 46.7 Å². The Labute approximate surface area is 241 Å². The third-order valence-electron chi connectivity index (χ3n) is 6.27. The number of amides is 2. The Morgan fingerprint density at radius 2 is 1.58 bits per heavy atom. The first-order valence-corrected chi connectivity index (χ1v) is 15.6. The van der Waals surface area contributed by atoms with E-state index in [4.69, 9.17) is 34.8 Å². The molecule has 0 radical (unpaired) electrons. The maximum atomic E-state index is 13.6. The number of rotatable bonds is 14. The van der Waals surface area contributed by atoms with Crippen molar-refractivity contribution in [2.24, 2.45) is 0 Å². The molecule has 11 heteroatoms. The highest BCUT2D eigenvalue weighted by atomic mass is 35.5. The average molecular weight is 605 g/mol. The van der Waals surface area contributed by atoms with E-state index in [1.54, 1.807) is 43.3 Å². The van der Waals surface area contributed by atoms with Crippen molar-refractivity contribution in [1.29, 1.82) is 0 Å².